The molecule has 8 heavy (non-hydrogen) atoms. The third kappa shape index (κ3) is 3.60. The Morgan fingerprint density at radius 1 is 1.62 bits per heavy atom. The van der Waals surface area contributed by atoms with E-state index in [2.05, 4.69) is 15.3 Å². The molecule has 0 radical (unpaired) electrons. The van der Waals surface area contributed by atoms with Crippen molar-refractivity contribution in [2.24, 2.45) is 0 Å². The zero-order chi connectivity index (χ0) is 6.62. The van der Waals surface area contributed by atoms with Crippen LogP contribution in [0.2, 0.25) is 6.55 Å². The molecular weight excluding hydrogens is 188 g/mol. The van der Waals surface area contributed by atoms with Gasteiger partial charge in [0.15, 0.2) is 0 Å². The van der Waals surface area contributed by atoms with Crippen LogP contribution < -0.4 is 0 Å². The molecule has 4 heteroatoms. The molecule has 0 N–H and O–H groups in total. The van der Waals surface area contributed by atoms with Crippen molar-refractivity contribution in [3.8, 4) is 0 Å². The van der Waals surface area contributed by atoms with Gasteiger partial charge in [-0.3, -0.25) is 0 Å². The SMILES string of the molecule is CCO[Si](C)(Br)OC. The van der Waals surface area contributed by atoms with E-state index in [0.717, 1.165) is 0 Å². The zero-order valence-corrected chi connectivity index (χ0v) is 7.99. The molecule has 0 rings (SSSR count). The lowest BCUT2D eigenvalue weighted by Gasteiger charge is -2.15. The molecule has 0 amide bonds. The van der Waals surface area contributed by atoms with Gasteiger partial charge in [0, 0.05) is 13.7 Å². The van der Waals surface area contributed by atoms with Gasteiger partial charge in [-0.2, -0.15) is 0 Å². The number of hydrogen-bond acceptors (Lipinski definition) is 2. The van der Waals surface area contributed by atoms with Crippen LogP contribution in [0.3, 0.4) is 0 Å². The molecule has 0 aliphatic carbocycles. The summed E-state index contributed by atoms with van der Waals surface area (Å²) in [6.07, 6.45) is 0. The second-order valence-electron chi connectivity index (χ2n) is 1.47. The second kappa shape index (κ2) is 3.61. The number of hydrogen-bond donors (Lipinski definition) is 0. The first-order chi connectivity index (χ1) is 3.62. The highest BCUT2D eigenvalue weighted by atomic mass is 79.9. The fourth-order valence-electron chi connectivity index (χ4n) is 0.317. The summed E-state index contributed by atoms with van der Waals surface area (Å²) in [6.45, 7) is 4.60. The molecule has 1 atom stereocenters. The highest BCUT2D eigenvalue weighted by Crippen LogP contribution is 2.12. The molecule has 50 valence electrons. The van der Waals surface area contributed by atoms with E-state index < -0.39 is 7.18 Å². The van der Waals surface area contributed by atoms with Gasteiger partial charge in [0.05, 0.1) is 0 Å². The van der Waals surface area contributed by atoms with Crippen molar-refractivity contribution in [2.45, 2.75) is 13.5 Å². The van der Waals surface area contributed by atoms with Gasteiger partial charge in [0.1, 0.15) is 0 Å². The third-order valence-electron chi connectivity index (χ3n) is 0.767. The summed E-state index contributed by atoms with van der Waals surface area (Å²) in [6, 6.07) is 0. The molecule has 0 bridgehead atoms. The van der Waals surface area contributed by atoms with Crippen LogP contribution in [0, 0.1) is 0 Å². The Balaban J connectivity index is 3.37. The van der Waals surface area contributed by atoms with Crippen LogP contribution in [0.4, 0.5) is 0 Å². The van der Waals surface area contributed by atoms with Crippen LogP contribution in [0.5, 0.6) is 0 Å². The van der Waals surface area contributed by atoms with Crippen molar-refractivity contribution >= 4 is 22.5 Å². The predicted octanol–water partition coefficient (Wildman–Crippen LogP) is 1.63. The maximum atomic E-state index is 5.21. The molecule has 0 aliphatic rings. The van der Waals surface area contributed by atoms with Crippen LogP contribution in [-0.4, -0.2) is 20.9 Å². The fourth-order valence-corrected chi connectivity index (χ4v) is 1.64. The molecular formula is C4H11BrO2Si. The van der Waals surface area contributed by atoms with E-state index >= 15 is 0 Å². The standard InChI is InChI=1S/C4H11BrO2Si/c1-4-7-8(3,5)6-2/h4H2,1-3H3. The minimum atomic E-state index is -1.86. The average molecular weight is 199 g/mol. The summed E-state index contributed by atoms with van der Waals surface area (Å²) in [5.41, 5.74) is 0. The maximum Gasteiger partial charge on any atom is 0.410 e. The first kappa shape index (κ1) is 8.62. The van der Waals surface area contributed by atoms with Crippen LogP contribution in [-0.2, 0) is 8.85 Å². The zero-order valence-electron chi connectivity index (χ0n) is 5.40. The summed E-state index contributed by atoms with van der Waals surface area (Å²) in [4.78, 5) is 0. The summed E-state index contributed by atoms with van der Waals surface area (Å²) < 4.78 is 10.2. The highest BCUT2D eigenvalue weighted by molar-refractivity contribution is 9.25. The topological polar surface area (TPSA) is 18.5 Å². The van der Waals surface area contributed by atoms with Gasteiger partial charge in [-0.1, -0.05) is 15.3 Å². The molecule has 0 spiro atoms. The number of rotatable bonds is 3. The van der Waals surface area contributed by atoms with Crippen LogP contribution in [0.15, 0.2) is 0 Å². The van der Waals surface area contributed by atoms with Crippen LogP contribution in [0.25, 0.3) is 0 Å². The van der Waals surface area contributed by atoms with Crippen molar-refractivity contribution < 1.29 is 8.85 Å². The van der Waals surface area contributed by atoms with E-state index in [1.165, 1.54) is 0 Å². The van der Waals surface area contributed by atoms with Gasteiger partial charge in [0.25, 0.3) is 0 Å². The largest absolute Gasteiger partial charge is 0.410 e. The lowest BCUT2D eigenvalue weighted by molar-refractivity contribution is 0.241. The van der Waals surface area contributed by atoms with Gasteiger partial charge < -0.3 is 8.85 Å². The summed E-state index contributed by atoms with van der Waals surface area (Å²) >= 11 is 3.34. The van der Waals surface area contributed by atoms with Crippen molar-refractivity contribution in [1.82, 2.24) is 0 Å². The quantitative estimate of drug-likeness (QED) is 0.508. The van der Waals surface area contributed by atoms with E-state index in [0.29, 0.717) is 6.61 Å². The third-order valence-corrected chi connectivity index (χ3v) is 3.96. The molecule has 0 saturated carbocycles. The van der Waals surface area contributed by atoms with Gasteiger partial charge in [-0.15, -0.1) is 0 Å². The second-order valence-corrected chi connectivity index (χ2v) is 8.16. The maximum absolute atomic E-state index is 5.21. The molecule has 0 aromatic carbocycles. The van der Waals surface area contributed by atoms with Gasteiger partial charge in [-0.25, -0.2) is 0 Å². The fraction of sp³-hybridized carbons (Fsp3) is 1.00. The first-order valence-corrected chi connectivity index (χ1v) is 7.07. The lowest BCUT2D eigenvalue weighted by Crippen LogP contribution is -2.29. The minimum Gasteiger partial charge on any atom is -0.390 e. The van der Waals surface area contributed by atoms with Crippen molar-refractivity contribution in [2.75, 3.05) is 13.7 Å². The van der Waals surface area contributed by atoms with E-state index in [1.807, 2.05) is 13.5 Å². The van der Waals surface area contributed by atoms with Crippen molar-refractivity contribution in [1.29, 1.82) is 0 Å². The summed E-state index contributed by atoms with van der Waals surface area (Å²) in [7, 11) is -0.215. The predicted molar refractivity (Wildman–Crippen MR) is 39.2 cm³/mol. The summed E-state index contributed by atoms with van der Waals surface area (Å²) in [5, 5.41) is 0. The summed E-state index contributed by atoms with van der Waals surface area (Å²) in [5.74, 6) is 0. The lowest BCUT2D eigenvalue weighted by atomic mass is 10.9. The molecule has 0 aromatic rings. The average Bonchev–Trinajstić information content (AvgIpc) is 1.67. The highest BCUT2D eigenvalue weighted by Gasteiger charge is 2.24. The number of halogens is 1. The molecule has 0 heterocycles. The normalized spacial score (nSPS) is 18.0. The Kier molecular flexibility index (Phi) is 3.88. The van der Waals surface area contributed by atoms with E-state index in [1.54, 1.807) is 7.11 Å². The molecule has 0 aromatic heterocycles. The van der Waals surface area contributed by atoms with E-state index in [-0.39, 0.29) is 0 Å². The smallest absolute Gasteiger partial charge is 0.390 e. The van der Waals surface area contributed by atoms with E-state index in [9.17, 15) is 0 Å². The molecule has 0 saturated heterocycles. The molecule has 0 fully saturated rings. The minimum absolute atomic E-state index is 0.710. The molecule has 2 nitrogen and oxygen atoms in total. The van der Waals surface area contributed by atoms with Gasteiger partial charge in [-0.05, 0) is 13.5 Å². The Morgan fingerprint density at radius 2 is 2.12 bits per heavy atom. The van der Waals surface area contributed by atoms with Gasteiger partial charge >= 0.3 is 7.18 Å². The Bertz CT molecular complexity index is 67.1. The van der Waals surface area contributed by atoms with Crippen molar-refractivity contribution in [3.63, 3.8) is 0 Å². The molecule has 0 aliphatic heterocycles. The Labute approximate surface area is 59.0 Å². The van der Waals surface area contributed by atoms with Crippen molar-refractivity contribution in [3.05, 3.63) is 0 Å². The Morgan fingerprint density at radius 3 is 2.25 bits per heavy atom. The Hall–Kier alpha value is 0.617. The van der Waals surface area contributed by atoms with E-state index in [4.69, 9.17) is 8.85 Å². The van der Waals surface area contributed by atoms with Gasteiger partial charge in [0.2, 0.25) is 0 Å². The first-order valence-electron chi connectivity index (χ1n) is 2.50. The van der Waals surface area contributed by atoms with Crippen LogP contribution in [0.1, 0.15) is 6.92 Å². The molecule has 1 unspecified atom stereocenters. The van der Waals surface area contributed by atoms with Crippen LogP contribution >= 0.6 is 15.3 Å². The monoisotopic (exact) mass is 198 g/mol.